The van der Waals surface area contributed by atoms with Crippen molar-refractivity contribution in [3.05, 3.63) is 5.32 Å². The number of nitrogens with one attached hydrogen (secondary N) is 1. The molecule has 0 radical (unpaired) electrons. The molecule has 12 heteroatoms. The van der Waals surface area contributed by atoms with Crippen molar-refractivity contribution in [3.63, 3.8) is 0 Å². The Kier molecular flexibility index (Phi) is 40.5. The fourth-order valence-corrected chi connectivity index (χ4v) is 32.5. The molecule has 0 aromatic heterocycles. The third-order valence-electron chi connectivity index (χ3n) is 32.7. The van der Waals surface area contributed by atoms with Gasteiger partial charge in [-0.25, -0.2) is 8.42 Å². The molecule has 0 bridgehead atoms. The van der Waals surface area contributed by atoms with Gasteiger partial charge in [0.25, 0.3) is 0 Å². The summed E-state index contributed by atoms with van der Waals surface area (Å²) < 4.78 is 34.6. The van der Waals surface area contributed by atoms with Crippen LogP contribution in [0.3, 0.4) is 0 Å². The van der Waals surface area contributed by atoms with Gasteiger partial charge in [-0.05, 0) is 211 Å². The molecule has 664 valence electrons. The summed E-state index contributed by atoms with van der Waals surface area (Å²) in [6.45, 7) is 119. The van der Waals surface area contributed by atoms with Crippen molar-refractivity contribution in [3.8, 4) is 0 Å². The molecule has 8 aliphatic rings. The van der Waals surface area contributed by atoms with Crippen LogP contribution in [0, 0.1) is 130 Å². The van der Waals surface area contributed by atoms with Gasteiger partial charge in [0.2, 0.25) is 5.91 Å². The van der Waals surface area contributed by atoms with Gasteiger partial charge in [-0.2, -0.15) is 35.3 Å². The second kappa shape index (κ2) is 39.8. The van der Waals surface area contributed by atoms with Gasteiger partial charge in [-0.3, -0.25) is 4.79 Å². The predicted octanol–water partition coefficient (Wildman–Crippen LogP) is 27.5. The van der Waals surface area contributed by atoms with Crippen molar-refractivity contribution in [1.29, 1.82) is 0 Å². The number of nitrogens with zero attached hydrogens (tertiary/aromatic N) is 1. The van der Waals surface area contributed by atoms with Crippen LogP contribution in [0.2, 0.25) is 0 Å². The Bertz CT molecular complexity index is 2530. The Labute approximate surface area is 766 Å². The molecule has 8 rings (SSSR count). The van der Waals surface area contributed by atoms with Gasteiger partial charge in [0, 0.05) is 43.6 Å². The van der Waals surface area contributed by atoms with Crippen molar-refractivity contribution < 1.29 is 80.9 Å². The van der Waals surface area contributed by atoms with Crippen LogP contribution in [-0.2, 0) is 24.1 Å². The van der Waals surface area contributed by atoms with E-state index in [4.69, 9.17) is 9.47 Å². The summed E-state index contributed by atoms with van der Waals surface area (Å²) in [6, 6.07) is 0. The fourth-order valence-electron chi connectivity index (χ4n) is 24.9. The molecule has 8 fully saturated rings. The molecule has 7 nitrogen and oxygen atoms in total. The number of piperidine rings is 1. The number of amides is 1. The first-order valence-electron chi connectivity index (χ1n) is 44.7. The van der Waals surface area contributed by atoms with E-state index in [9.17, 15) is 13.2 Å². The van der Waals surface area contributed by atoms with E-state index in [0.29, 0.717) is 115 Å². The third-order valence-corrected chi connectivity index (χ3v) is 37.9. The van der Waals surface area contributed by atoms with Gasteiger partial charge in [-0.1, -0.05) is 345 Å². The molecule has 8 saturated heterocycles. The quantitative estimate of drug-likeness (QED) is 0.256. The summed E-state index contributed by atoms with van der Waals surface area (Å²) in [5.41, 5.74) is 8.00. The van der Waals surface area contributed by atoms with Gasteiger partial charge in [0.15, 0.2) is 9.84 Å². The van der Waals surface area contributed by atoms with E-state index in [-0.39, 0.29) is 96.6 Å². The molecule has 0 spiro atoms. The van der Waals surface area contributed by atoms with Gasteiger partial charge in [0.1, 0.15) is 0 Å². The number of rotatable bonds is 0. The maximum Gasteiger partial charge on any atom is 1.00 e. The molecule has 1 amide bonds. The Balaban J connectivity index is 0.00000126. The van der Waals surface area contributed by atoms with Crippen molar-refractivity contribution in [1.82, 2.24) is 5.32 Å². The number of carbonyl (C=O) groups excluding carboxylic acids is 1. The molecule has 1 N–H and O–H groups in total. The molecule has 8 heterocycles. The van der Waals surface area contributed by atoms with E-state index in [2.05, 4.69) is 378 Å². The maximum absolute atomic E-state index is 11.7. The number of sulfone groups is 1. The molecule has 8 aliphatic heterocycles. The molecule has 0 unspecified atom stereocenters. The summed E-state index contributed by atoms with van der Waals surface area (Å²) in [5, 5.41) is 7.48. The minimum Gasteiger partial charge on any atom is -0.662 e. The Morgan fingerprint density at radius 2 is 0.571 bits per heavy atom. The first kappa shape index (κ1) is 114. The number of hydrogen-bond donors (Lipinski definition) is 1. The average Bonchev–Trinajstić information content (AvgIpc) is 1.10. The van der Waals surface area contributed by atoms with Crippen LogP contribution in [0.15, 0.2) is 0 Å². The topological polar surface area (TPSA) is 95.8 Å². The third kappa shape index (κ3) is 26.6. The van der Waals surface area contributed by atoms with Gasteiger partial charge in [-0.15, -0.1) is 13.1 Å². The van der Waals surface area contributed by atoms with Gasteiger partial charge in [0.05, 0.1) is 18.1 Å². The van der Waals surface area contributed by atoms with Crippen molar-refractivity contribution in [2.75, 3.05) is 92.1 Å². The molecular weight excluding hydrogens is 1520 g/mol. The summed E-state index contributed by atoms with van der Waals surface area (Å²) >= 11 is 6.42. The molecule has 0 atom stereocenters. The normalized spacial score (nSPS) is 23.4. The summed E-state index contributed by atoms with van der Waals surface area (Å²) in [5.74, 6) is 9.05. The Morgan fingerprint density at radius 3 is 0.750 bits per heavy atom. The maximum atomic E-state index is 11.7. The number of ether oxygens (including phenoxy) is 2. The Morgan fingerprint density at radius 1 is 0.304 bits per heavy atom. The fraction of sp³-hybridized carbons (Fsp3) is 0.990. The first-order valence-corrected chi connectivity index (χ1v) is 50.0. The monoisotopic (exact) mass is 1720 g/mol. The second-order valence-corrected chi connectivity index (χ2v) is 58.7. The molecule has 0 aromatic rings. The van der Waals surface area contributed by atoms with Gasteiger partial charge < -0.3 is 20.1 Å². The largest absolute Gasteiger partial charge is 1.00 e. The smallest absolute Gasteiger partial charge is 0.662 e. The molecule has 0 aromatic carbocycles. The molecule has 0 saturated carbocycles. The Hall–Kier alpha value is 2.16. The van der Waals surface area contributed by atoms with E-state index in [1.807, 2.05) is 0 Å². The summed E-state index contributed by atoms with van der Waals surface area (Å²) in [4.78, 5) is 11.4. The van der Waals surface area contributed by atoms with Gasteiger partial charge >= 0.3 is 58.2 Å². The van der Waals surface area contributed by atoms with Crippen LogP contribution in [0.25, 0.3) is 5.32 Å². The van der Waals surface area contributed by atoms with Crippen LogP contribution in [0.5, 0.6) is 0 Å². The van der Waals surface area contributed by atoms with Crippen LogP contribution in [-0.4, -0.2) is 106 Å². The first-order chi connectivity index (χ1) is 48.8. The van der Waals surface area contributed by atoms with Crippen molar-refractivity contribution in [2.45, 2.75) is 409 Å². The minimum atomic E-state index is -2.82. The summed E-state index contributed by atoms with van der Waals surface area (Å²) in [7, 11) is -2.82. The SMILES string of the molecule is CC(C)(C)C1(C(C)(C)C)CCCSC1.CC(C)(C)C1(C(C)(C)C)CCOC1.CC(C)(C)C1(C(C)(C)C)CCOCC1.CC(C)(C)C1(C(C)(C)C)CCS(=O)(=O)C1.CC(C)(C)C1(C(C)(C)C)CCSC1.CC(C)(C)C1(C(C)(C)C)CCSCC1.CC(C)(C)C1(C(C)(C)C)CC[N-]CC1.CC(C)(C)C1(C(C)(C)C)CNC(=O)C1.[Rb+]. The molecular formula is C100H199N2O5RbS4. The minimum absolute atomic E-state index is 0. The van der Waals surface area contributed by atoms with E-state index in [1.54, 1.807) is 0 Å². The van der Waals surface area contributed by atoms with Crippen LogP contribution in [0.1, 0.15) is 409 Å². The molecule has 0 aliphatic carbocycles. The van der Waals surface area contributed by atoms with Crippen molar-refractivity contribution >= 4 is 51.0 Å². The predicted molar refractivity (Wildman–Crippen MR) is 505 cm³/mol. The molecule has 112 heavy (non-hydrogen) atoms. The van der Waals surface area contributed by atoms with Crippen molar-refractivity contribution in [2.24, 2.45) is 130 Å². The van der Waals surface area contributed by atoms with E-state index >= 15 is 0 Å². The van der Waals surface area contributed by atoms with E-state index in [1.165, 1.54) is 98.7 Å². The average molecular weight is 1720 g/mol. The zero-order chi connectivity index (χ0) is 88.1. The second-order valence-electron chi connectivity index (χ2n) is 53.1. The van der Waals surface area contributed by atoms with Crippen LogP contribution < -0.4 is 63.5 Å². The zero-order valence-corrected chi connectivity index (χ0v) is 93.4. The number of carbonyl (C=O) groups is 1. The summed E-state index contributed by atoms with van der Waals surface area (Å²) in [6.07, 6.45) is 14.6. The zero-order valence-electron chi connectivity index (χ0n) is 85.2. The van der Waals surface area contributed by atoms with Crippen LogP contribution >= 0.6 is 35.3 Å². The van der Waals surface area contributed by atoms with E-state index < -0.39 is 9.84 Å². The number of hydrogen-bond acceptors (Lipinski definition) is 8. The van der Waals surface area contributed by atoms with E-state index in [0.717, 1.165) is 52.5 Å². The number of thioether (sulfide) groups is 3. The standard InChI is InChI=1S/C13H26N.C13H26O.2C13H26S.C12H23NO.C12H24O2S.C12H24O.C12H24S.Rb/c3*1-11(2,3)13(12(4,5)6)7-9-14-10-8-13;1-11(2,3)13(12(4,5)6)8-7-9-14-10-13;1-10(2,3)12(11(4,5)6)7-9(14)13-8-12;1-10(2,3)12(11(4,5)6)7-8-15(13,14)9-12;2*1-10(2,3)12(11(4,5)6)7-8-13-9-12;/h4*7-10H2,1-6H3;7-8H2,1-6H3,(H,13,14);7-9H2,1-6H3;2*7-9H2,1-6H3;/q-1;;;;;;;;+1. The van der Waals surface area contributed by atoms with Crippen LogP contribution in [0.4, 0.5) is 0 Å².